The summed E-state index contributed by atoms with van der Waals surface area (Å²) >= 11 is 7.11. The standard InChI is InChI=1S/C10H7ClFNS/c11-10-4-3-9(14-10)7-2-1-6(13)5-8(7)12/h1-5H,13H2. The van der Waals surface area contributed by atoms with E-state index in [1.165, 1.54) is 17.4 Å². The van der Waals surface area contributed by atoms with Gasteiger partial charge in [0.05, 0.1) is 4.34 Å². The van der Waals surface area contributed by atoms with Gasteiger partial charge < -0.3 is 5.73 Å². The van der Waals surface area contributed by atoms with E-state index in [0.29, 0.717) is 15.6 Å². The number of rotatable bonds is 1. The van der Waals surface area contributed by atoms with E-state index in [-0.39, 0.29) is 5.82 Å². The third-order valence-electron chi connectivity index (χ3n) is 1.83. The van der Waals surface area contributed by atoms with E-state index < -0.39 is 0 Å². The highest BCUT2D eigenvalue weighted by molar-refractivity contribution is 7.19. The summed E-state index contributed by atoms with van der Waals surface area (Å²) in [5.41, 5.74) is 6.41. The van der Waals surface area contributed by atoms with Crippen molar-refractivity contribution in [2.75, 3.05) is 5.73 Å². The normalized spacial score (nSPS) is 10.4. The Bertz CT molecular complexity index is 467. The molecule has 2 rings (SSSR count). The molecule has 0 fully saturated rings. The molecule has 0 aliphatic rings. The molecule has 4 heteroatoms. The molecular formula is C10H7ClFNS. The monoisotopic (exact) mass is 227 g/mol. The minimum Gasteiger partial charge on any atom is -0.399 e. The minimum absolute atomic E-state index is 0.316. The average Bonchev–Trinajstić information content (AvgIpc) is 2.51. The van der Waals surface area contributed by atoms with Crippen molar-refractivity contribution in [2.45, 2.75) is 0 Å². The van der Waals surface area contributed by atoms with Gasteiger partial charge in [-0.15, -0.1) is 11.3 Å². The van der Waals surface area contributed by atoms with Crippen LogP contribution in [0.5, 0.6) is 0 Å². The number of nitrogens with two attached hydrogens (primary N) is 1. The molecule has 0 aliphatic heterocycles. The summed E-state index contributed by atoms with van der Waals surface area (Å²) in [6, 6.07) is 8.18. The highest BCUT2D eigenvalue weighted by Gasteiger charge is 2.07. The molecule has 0 aliphatic carbocycles. The summed E-state index contributed by atoms with van der Waals surface area (Å²) < 4.78 is 14.1. The summed E-state index contributed by atoms with van der Waals surface area (Å²) in [6.45, 7) is 0. The van der Waals surface area contributed by atoms with E-state index in [1.807, 2.05) is 0 Å². The highest BCUT2D eigenvalue weighted by Crippen LogP contribution is 2.33. The zero-order valence-electron chi connectivity index (χ0n) is 7.13. The second kappa shape index (κ2) is 3.59. The van der Waals surface area contributed by atoms with Crippen molar-refractivity contribution in [3.05, 3.63) is 40.5 Å². The Kier molecular flexibility index (Phi) is 2.44. The fourth-order valence-corrected chi connectivity index (χ4v) is 2.26. The van der Waals surface area contributed by atoms with Gasteiger partial charge in [0.15, 0.2) is 0 Å². The number of hydrogen-bond acceptors (Lipinski definition) is 2. The molecule has 1 aromatic carbocycles. The number of anilines is 1. The lowest BCUT2D eigenvalue weighted by molar-refractivity contribution is 0.632. The predicted octanol–water partition coefficient (Wildman–Crippen LogP) is 3.79. The van der Waals surface area contributed by atoms with E-state index in [0.717, 1.165) is 4.88 Å². The molecule has 0 bridgehead atoms. The smallest absolute Gasteiger partial charge is 0.133 e. The van der Waals surface area contributed by atoms with Gasteiger partial charge >= 0.3 is 0 Å². The zero-order valence-corrected chi connectivity index (χ0v) is 8.70. The van der Waals surface area contributed by atoms with Crippen LogP contribution in [0.4, 0.5) is 10.1 Å². The molecular weight excluding hydrogens is 221 g/mol. The van der Waals surface area contributed by atoms with Crippen LogP contribution in [0, 0.1) is 5.82 Å². The summed E-state index contributed by atoms with van der Waals surface area (Å²) in [5.74, 6) is -0.316. The Labute approximate surface area is 89.9 Å². The first kappa shape index (κ1) is 9.49. The van der Waals surface area contributed by atoms with Crippen LogP contribution in [0.2, 0.25) is 4.34 Å². The first-order chi connectivity index (χ1) is 6.66. The fourth-order valence-electron chi connectivity index (χ4n) is 1.19. The van der Waals surface area contributed by atoms with Crippen molar-refractivity contribution in [2.24, 2.45) is 0 Å². The van der Waals surface area contributed by atoms with Crippen LogP contribution >= 0.6 is 22.9 Å². The molecule has 2 aromatic rings. The third kappa shape index (κ3) is 1.74. The zero-order chi connectivity index (χ0) is 10.1. The van der Waals surface area contributed by atoms with Gasteiger partial charge in [0.25, 0.3) is 0 Å². The van der Waals surface area contributed by atoms with Crippen molar-refractivity contribution in [3.8, 4) is 10.4 Å². The molecule has 0 saturated heterocycles. The van der Waals surface area contributed by atoms with E-state index in [1.54, 1.807) is 24.3 Å². The van der Waals surface area contributed by atoms with Crippen LogP contribution in [-0.2, 0) is 0 Å². The van der Waals surface area contributed by atoms with Crippen molar-refractivity contribution in [3.63, 3.8) is 0 Å². The fraction of sp³-hybridized carbons (Fsp3) is 0. The minimum atomic E-state index is -0.316. The Balaban J connectivity index is 2.52. The van der Waals surface area contributed by atoms with Gasteiger partial charge in [-0.3, -0.25) is 0 Å². The second-order valence-corrected chi connectivity index (χ2v) is 4.56. The van der Waals surface area contributed by atoms with Crippen molar-refractivity contribution >= 4 is 28.6 Å². The van der Waals surface area contributed by atoms with Crippen molar-refractivity contribution < 1.29 is 4.39 Å². The van der Waals surface area contributed by atoms with Crippen LogP contribution in [0.3, 0.4) is 0 Å². The SMILES string of the molecule is Nc1ccc(-c2ccc(Cl)s2)c(F)c1. The maximum absolute atomic E-state index is 13.4. The Morgan fingerprint density at radius 1 is 1.21 bits per heavy atom. The maximum Gasteiger partial charge on any atom is 0.133 e. The largest absolute Gasteiger partial charge is 0.399 e. The average molecular weight is 228 g/mol. The van der Waals surface area contributed by atoms with Crippen molar-refractivity contribution in [1.82, 2.24) is 0 Å². The topological polar surface area (TPSA) is 26.0 Å². The number of benzene rings is 1. The van der Waals surface area contributed by atoms with Gasteiger partial charge in [0, 0.05) is 16.1 Å². The van der Waals surface area contributed by atoms with Gasteiger partial charge in [-0.2, -0.15) is 0 Å². The predicted molar refractivity (Wildman–Crippen MR) is 59.1 cm³/mol. The van der Waals surface area contributed by atoms with Gasteiger partial charge in [0.2, 0.25) is 0 Å². The molecule has 14 heavy (non-hydrogen) atoms. The molecule has 0 saturated carbocycles. The van der Waals surface area contributed by atoms with Crippen LogP contribution in [-0.4, -0.2) is 0 Å². The first-order valence-corrected chi connectivity index (χ1v) is 5.17. The summed E-state index contributed by atoms with van der Waals surface area (Å²) in [7, 11) is 0. The lowest BCUT2D eigenvalue weighted by Crippen LogP contribution is -1.87. The first-order valence-electron chi connectivity index (χ1n) is 3.97. The van der Waals surface area contributed by atoms with Crippen LogP contribution in [0.1, 0.15) is 0 Å². The number of hydrogen-bond donors (Lipinski definition) is 1. The molecule has 0 amide bonds. The molecule has 0 spiro atoms. The molecule has 1 heterocycles. The molecule has 0 atom stereocenters. The van der Waals surface area contributed by atoms with Crippen molar-refractivity contribution in [1.29, 1.82) is 0 Å². The second-order valence-electron chi connectivity index (χ2n) is 2.84. The number of nitrogen functional groups attached to an aromatic ring is 1. The van der Waals surface area contributed by atoms with Crippen LogP contribution in [0.15, 0.2) is 30.3 Å². The lowest BCUT2D eigenvalue weighted by atomic mass is 10.1. The summed E-state index contributed by atoms with van der Waals surface area (Å²) in [4.78, 5) is 0.813. The molecule has 0 unspecified atom stereocenters. The highest BCUT2D eigenvalue weighted by atomic mass is 35.5. The molecule has 1 nitrogen and oxygen atoms in total. The van der Waals surface area contributed by atoms with E-state index in [9.17, 15) is 4.39 Å². The summed E-state index contributed by atoms with van der Waals surface area (Å²) in [6.07, 6.45) is 0. The lowest BCUT2D eigenvalue weighted by Gasteiger charge is -2.00. The molecule has 0 radical (unpaired) electrons. The van der Waals surface area contributed by atoms with Gasteiger partial charge in [0.1, 0.15) is 5.82 Å². The maximum atomic E-state index is 13.4. The van der Waals surface area contributed by atoms with E-state index >= 15 is 0 Å². The third-order valence-corrected chi connectivity index (χ3v) is 3.10. The van der Waals surface area contributed by atoms with E-state index in [4.69, 9.17) is 17.3 Å². The van der Waals surface area contributed by atoms with Gasteiger partial charge in [-0.1, -0.05) is 11.6 Å². The number of thiophene rings is 1. The molecule has 2 N–H and O–H groups in total. The van der Waals surface area contributed by atoms with Gasteiger partial charge in [-0.05, 0) is 30.3 Å². The number of halogens is 2. The molecule has 1 aromatic heterocycles. The molecule has 72 valence electrons. The Hall–Kier alpha value is -1.06. The Morgan fingerprint density at radius 2 is 2.00 bits per heavy atom. The quantitative estimate of drug-likeness (QED) is 0.737. The van der Waals surface area contributed by atoms with E-state index in [2.05, 4.69) is 0 Å². The van der Waals surface area contributed by atoms with Crippen LogP contribution in [0.25, 0.3) is 10.4 Å². The van der Waals surface area contributed by atoms with Gasteiger partial charge in [-0.25, -0.2) is 4.39 Å². The van der Waals surface area contributed by atoms with Crippen LogP contribution < -0.4 is 5.73 Å². The Morgan fingerprint density at radius 3 is 2.57 bits per heavy atom. The summed E-state index contributed by atoms with van der Waals surface area (Å²) in [5, 5.41) is 0.